The molecule has 0 radical (unpaired) electrons. The fourth-order valence-corrected chi connectivity index (χ4v) is 3.39. The van der Waals surface area contributed by atoms with Crippen molar-refractivity contribution in [2.45, 2.75) is 33.6 Å². The van der Waals surface area contributed by atoms with E-state index in [-0.39, 0.29) is 17.4 Å². The van der Waals surface area contributed by atoms with Crippen LogP contribution in [0.25, 0.3) is 11.1 Å². The number of rotatable bonds is 3. The maximum atomic E-state index is 12.2. The Balaban J connectivity index is 2.27. The van der Waals surface area contributed by atoms with Crippen molar-refractivity contribution in [3.8, 4) is 22.6 Å². The zero-order chi connectivity index (χ0) is 16.7. The second kappa shape index (κ2) is 5.61. The molecule has 120 valence electrons. The van der Waals surface area contributed by atoms with Gasteiger partial charge in [-0.25, -0.2) is 0 Å². The Kier molecular flexibility index (Phi) is 3.76. The van der Waals surface area contributed by atoms with Crippen molar-refractivity contribution in [3.63, 3.8) is 0 Å². The Morgan fingerprint density at radius 1 is 1.09 bits per heavy atom. The van der Waals surface area contributed by atoms with Gasteiger partial charge in [-0.3, -0.25) is 4.79 Å². The second-order valence-corrected chi connectivity index (χ2v) is 5.93. The lowest BCUT2D eigenvalue weighted by Gasteiger charge is -2.18. The monoisotopic (exact) mass is 311 g/mol. The van der Waals surface area contributed by atoms with E-state index in [0.717, 1.165) is 34.4 Å². The van der Waals surface area contributed by atoms with Crippen molar-refractivity contribution >= 4 is 11.6 Å². The molecule has 2 aromatic carbocycles. The Labute approximate surface area is 136 Å². The summed E-state index contributed by atoms with van der Waals surface area (Å²) in [6.07, 6.45) is 1.03. The molecule has 4 nitrogen and oxygen atoms in total. The molecular weight excluding hydrogens is 290 g/mol. The van der Waals surface area contributed by atoms with Crippen LogP contribution in [0.1, 0.15) is 30.5 Å². The van der Waals surface area contributed by atoms with Crippen molar-refractivity contribution in [1.82, 2.24) is 0 Å². The molecule has 23 heavy (non-hydrogen) atoms. The normalized spacial score (nSPS) is 13.5. The smallest absolute Gasteiger partial charge is 0.231 e. The first-order valence-corrected chi connectivity index (χ1v) is 7.96. The van der Waals surface area contributed by atoms with Crippen LogP contribution in [0, 0.1) is 6.92 Å². The van der Waals surface area contributed by atoms with Gasteiger partial charge in [0.25, 0.3) is 0 Å². The Morgan fingerprint density at radius 2 is 1.74 bits per heavy atom. The molecule has 4 heteroatoms. The molecule has 2 N–H and O–H groups in total. The molecule has 0 aliphatic carbocycles. The lowest BCUT2D eigenvalue weighted by molar-refractivity contribution is -0.117. The molecule has 2 aromatic rings. The number of phenols is 2. The van der Waals surface area contributed by atoms with E-state index in [1.807, 2.05) is 32.9 Å². The van der Waals surface area contributed by atoms with E-state index in [1.165, 1.54) is 0 Å². The van der Waals surface area contributed by atoms with E-state index in [4.69, 9.17) is 0 Å². The molecule has 1 amide bonds. The molecule has 0 unspecified atom stereocenters. The highest BCUT2D eigenvalue weighted by Gasteiger charge is 2.30. The first-order valence-electron chi connectivity index (χ1n) is 7.96. The highest BCUT2D eigenvalue weighted by Crippen LogP contribution is 2.46. The minimum absolute atomic E-state index is 0.0542. The van der Waals surface area contributed by atoms with Gasteiger partial charge in [-0.1, -0.05) is 13.0 Å². The predicted octanol–water partition coefficient (Wildman–Crippen LogP) is 3.54. The van der Waals surface area contributed by atoms with Gasteiger partial charge in [0.05, 0.1) is 12.0 Å². The highest BCUT2D eigenvalue weighted by molar-refractivity contribution is 6.04. The minimum atomic E-state index is 0.0542. The SMILES string of the molecule is CCc1cc(O)c(-c2c(C)ccc3c2CC(=O)N3CC)c(O)c1. The molecule has 3 rings (SSSR count). The number of benzene rings is 2. The van der Waals surface area contributed by atoms with E-state index >= 15 is 0 Å². The predicted molar refractivity (Wildman–Crippen MR) is 91.1 cm³/mol. The van der Waals surface area contributed by atoms with Crippen LogP contribution in [-0.4, -0.2) is 22.7 Å². The summed E-state index contributed by atoms with van der Waals surface area (Å²) in [6, 6.07) is 7.24. The number of carbonyl (C=O) groups is 1. The standard InChI is InChI=1S/C19H21NO3/c1-4-12-8-15(21)19(16(22)9-12)18-11(3)6-7-14-13(18)10-17(23)20(14)5-2/h6-9,21-22H,4-5,10H2,1-3H3. The minimum Gasteiger partial charge on any atom is -0.507 e. The molecule has 0 atom stereocenters. The van der Waals surface area contributed by atoms with Crippen LogP contribution >= 0.6 is 0 Å². The number of anilines is 1. The number of fused-ring (bicyclic) bond motifs is 1. The van der Waals surface area contributed by atoms with Crippen LogP contribution in [0.2, 0.25) is 0 Å². The van der Waals surface area contributed by atoms with E-state index in [0.29, 0.717) is 18.5 Å². The molecular formula is C19H21NO3. The molecule has 1 aliphatic heterocycles. The molecule has 0 saturated heterocycles. The second-order valence-electron chi connectivity index (χ2n) is 5.93. The van der Waals surface area contributed by atoms with Crippen LogP contribution in [0.5, 0.6) is 11.5 Å². The molecule has 1 aliphatic rings. The third kappa shape index (κ3) is 2.34. The summed E-state index contributed by atoms with van der Waals surface area (Å²) in [5.41, 5.74) is 4.75. The average molecular weight is 311 g/mol. The van der Waals surface area contributed by atoms with Gasteiger partial charge in [-0.15, -0.1) is 0 Å². The zero-order valence-corrected chi connectivity index (χ0v) is 13.7. The summed E-state index contributed by atoms with van der Waals surface area (Å²) in [7, 11) is 0. The van der Waals surface area contributed by atoms with Gasteiger partial charge in [0, 0.05) is 12.2 Å². The van der Waals surface area contributed by atoms with Crippen LogP contribution in [0.15, 0.2) is 24.3 Å². The maximum Gasteiger partial charge on any atom is 0.231 e. The molecule has 0 saturated carbocycles. The van der Waals surface area contributed by atoms with Crippen molar-refractivity contribution in [3.05, 3.63) is 41.0 Å². The van der Waals surface area contributed by atoms with Crippen molar-refractivity contribution in [2.24, 2.45) is 0 Å². The van der Waals surface area contributed by atoms with Gasteiger partial charge in [0.15, 0.2) is 0 Å². The third-order valence-electron chi connectivity index (χ3n) is 4.55. The van der Waals surface area contributed by atoms with Crippen LogP contribution in [-0.2, 0) is 17.6 Å². The third-order valence-corrected chi connectivity index (χ3v) is 4.55. The molecule has 0 aromatic heterocycles. The lowest BCUT2D eigenvalue weighted by atomic mass is 9.91. The molecule has 1 heterocycles. The summed E-state index contributed by atoms with van der Waals surface area (Å²) in [5, 5.41) is 20.9. The number of phenolic OH excluding ortho intramolecular Hbond substituents is 2. The Bertz CT molecular complexity index is 772. The van der Waals surface area contributed by atoms with Gasteiger partial charge >= 0.3 is 0 Å². The van der Waals surface area contributed by atoms with Gasteiger partial charge in [-0.05, 0) is 60.7 Å². The topological polar surface area (TPSA) is 60.8 Å². The lowest BCUT2D eigenvalue weighted by Crippen LogP contribution is -2.25. The van der Waals surface area contributed by atoms with Crippen molar-refractivity contribution < 1.29 is 15.0 Å². The summed E-state index contributed by atoms with van der Waals surface area (Å²) in [5.74, 6) is 0.167. The summed E-state index contributed by atoms with van der Waals surface area (Å²) >= 11 is 0. The quantitative estimate of drug-likeness (QED) is 0.911. The number of carbonyl (C=O) groups excluding carboxylic acids is 1. The van der Waals surface area contributed by atoms with Crippen LogP contribution in [0.4, 0.5) is 5.69 Å². The van der Waals surface area contributed by atoms with Gasteiger partial charge < -0.3 is 15.1 Å². The first kappa shape index (κ1) is 15.4. The first-order chi connectivity index (χ1) is 11.0. The number of nitrogens with zero attached hydrogens (tertiary/aromatic N) is 1. The summed E-state index contributed by atoms with van der Waals surface area (Å²) in [6.45, 7) is 6.46. The van der Waals surface area contributed by atoms with E-state index in [9.17, 15) is 15.0 Å². The van der Waals surface area contributed by atoms with Crippen molar-refractivity contribution in [1.29, 1.82) is 0 Å². The van der Waals surface area contributed by atoms with Crippen LogP contribution < -0.4 is 4.90 Å². The molecule has 0 bridgehead atoms. The van der Waals surface area contributed by atoms with E-state index in [1.54, 1.807) is 17.0 Å². The fraction of sp³-hybridized carbons (Fsp3) is 0.316. The molecule has 0 fully saturated rings. The molecule has 0 spiro atoms. The number of likely N-dealkylation sites (N-methyl/N-ethyl adjacent to an activating group) is 1. The maximum absolute atomic E-state index is 12.2. The van der Waals surface area contributed by atoms with Crippen LogP contribution in [0.3, 0.4) is 0 Å². The Morgan fingerprint density at radius 3 is 2.30 bits per heavy atom. The highest BCUT2D eigenvalue weighted by atomic mass is 16.3. The number of amides is 1. The largest absolute Gasteiger partial charge is 0.507 e. The summed E-state index contributed by atoms with van der Waals surface area (Å²) < 4.78 is 0. The number of aryl methyl sites for hydroxylation is 2. The van der Waals surface area contributed by atoms with E-state index in [2.05, 4.69) is 0 Å². The Hall–Kier alpha value is -2.49. The van der Waals surface area contributed by atoms with Gasteiger partial charge in [0.1, 0.15) is 11.5 Å². The van der Waals surface area contributed by atoms with Gasteiger partial charge in [-0.2, -0.15) is 0 Å². The summed E-state index contributed by atoms with van der Waals surface area (Å²) in [4.78, 5) is 14.0. The van der Waals surface area contributed by atoms with Crippen molar-refractivity contribution in [2.75, 3.05) is 11.4 Å². The van der Waals surface area contributed by atoms with E-state index < -0.39 is 0 Å². The number of hydrogen-bond donors (Lipinski definition) is 2. The number of hydrogen-bond acceptors (Lipinski definition) is 3. The van der Waals surface area contributed by atoms with Gasteiger partial charge in [0.2, 0.25) is 5.91 Å². The fourth-order valence-electron chi connectivity index (χ4n) is 3.39. The number of aromatic hydroxyl groups is 2. The average Bonchev–Trinajstić information content (AvgIpc) is 2.83. The zero-order valence-electron chi connectivity index (χ0n) is 13.7.